The molecule has 0 radical (unpaired) electrons. The van der Waals surface area contributed by atoms with Gasteiger partial charge in [-0.25, -0.2) is 10.2 Å². The lowest BCUT2D eigenvalue weighted by Gasteiger charge is -2.11. The number of hydrogen-bond donors (Lipinski definition) is 1. The van der Waals surface area contributed by atoms with Crippen LogP contribution in [0.1, 0.15) is 33.2 Å². The minimum Gasteiger partial charge on any atom is -0.490 e. The number of nitrogens with one attached hydrogen (secondary N) is 1. The van der Waals surface area contributed by atoms with E-state index in [1.165, 1.54) is 6.21 Å². The highest BCUT2D eigenvalue weighted by Gasteiger charge is 2.13. The highest BCUT2D eigenvalue weighted by atomic mass is 79.9. The predicted octanol–water partition coefficient (Wildman–Crippen LogP) is 4.83. The molecule has 3 aromatic rings. The maximum Gasteiger partial charge on any atom is 0.343 e. The van der Waals surface area contributed by atoms with Crippen molar-refractivity contribution in [3.05, 3.63) is 94.0 Å². The fraction of sp³-hybridized carbons (Fsp3) is 0.0870. The number of amides is 1. The third-order valence-electron chi connectivity index (χ3n) is 3.98. The van der Waals surface area contributed by atoms with Crippen LogP contribution < -0.4 is 14.9 Å². The van der Waals surface area contributed by atoms with Crippen LogP contribution in [0.2, 0.25) is 0 Å². The van der Waals surface area contributed by atoms with Crippen molar-refractivity contribution in [1.29, 1.82) is 0 Å². The number of benzene rings is 3. The average Bonchev–Trinajstić information content (AvgIpc) is 2.76. The molecule has 1 N–H and O–H groups in total. The largest absolute Gasteiger partial charge is 0.490 e. The van der Waals surface area contributed by atoms with Crippen LogP contribution in [0.25, 0.3) is 0 Å². The molecule has 0 spiro atoms. The van der Waals surface area contributed by atoms with Crippen LogP contribution in [-0.4, -0.2) is 24.7 Å². The first kappa shape index (κ1) is 21.3. The van der Waals surface area contributed by atoms with Crippen LogP contribution in [0.15, 0.2) is 82.4 Å². The third-order valence-corrected chi connectivity index (χ3v) is 4.67. The van der Waals surface area contributed by atoms with Crippen molar-refractivity contribution in [3.63, 3.8) is 0 Å². The molecule has 1 amide bonds. The van der Waals surface area contributed by atoms with Crippen molar-refractivity contribution in [2.24, 2.45) is 5.10 Å². The fourth-order valence-electron chi connectivity index (χ4n) is 2.56. The second-order valence-electron chi connectivity index (χ2n) is 6.07. The molecule has 0 aliphatic heterocycles. The standard InChI is InChI=1S/C23H19BrN2O4/c1-2-29-21-14-16(15-25-26-22(27)18-10-6-7-11-19(18)24)12-13-20(21)30-23(28)17-8-4-3-5-9-17/h3-15H,2H2,1H3,(H,26,27)/b25-15-. The molecule has 0 bridgehead atoms. The van der Waals surface area contributed by atoms with Crippen molar-refractivity contribution in [1.82, 2.24) is 5.43 Å². The molecule has 0 saturated heterocycles. The van der Waals surface area contributed by atoms with E-state index < -0.39 is 5.97 Å². The van der Waals surface area contributed by atoms with Gasteiger partial charge in [0.2, 0.25) is 0 Å². The Morgan fingerprint density at radius 3 is 2.47 bits per heavy atom. The maximum absolute atomic E-state index is 12.3. The summed E-state index contributed by atoms with van der Waals surface area (Å²) in [5.74, 6) is -0.0983. The number of halogens is 1. The second kappa shape index (κ2) is 10.4. The number of nitrogens with zero attached hydrogens (tertiary/aromatic N) is 1. The first-order chi connectivity index (χ1) is 14.6. The Kier molecular flexibility index (Phi) is 7.34. The number of hydrazone groups is 1. The Bertz CT molecular complexity index is 1070. The summed E-state index contributed by atoms with van der Waals surface area (Å²) in [6.45, 7) is 2.23. The number of rotatable bonds is 7. The summed E-state index contributed by atoms with van der Waals surface area (Å²) in [5, 5.41) is 3.99. The van der Waals surface area contributed by atoms with Crippen molar-refractivity contribution >= 4 is 34.0 Å². The van der Waals surface area contributed by atoms with Crippen LogP contribution in [-0.2, 0) is 0 Å². The molecule has 0 unspecified atom stereocenters. The molecule has 7 heteroatoms. The van der Waals surface area contributed by atoms with Crippen molar-refractivity contribution in [2.45, 2.75) is 6.92 Å². The number of ether oxygens (including phenoxy) is 2. The average molecular weight is 467 g/mol. The zero-order valence-corrected chi connectivity index (χ0v) is 17.8. The maximum atomic E-state index is 12.3. The zero-order chi connectivity index (χ0) is 21.3. The summed E-state index contributed by atoms with van der Waals surface area (Å²) in [7, 11) is 0. The van der Waals surface area contributed by atoms with E-state index in [0.29, 0.717) is 39.3 Å². The van der Waals surface area contributed by atoms with Crippen molar-refractivity contribution < 1.29 is 19.1 Å². The lowest BCUT2D eigenvalue weighted by atomic mass is 10.2. The van der Waals surface area contributed by atoms with E-state index in [1.807, 2.05) is 19.1 Å². The van der Waals surface area contributed by atoms with Gasteiger partial charge in [0, 0.05) is 4.47 Å². The van der Waals surface area contributed by atoms with Gasteiger partial charge in [-0.2, -0.15) is 5.10 Å². The van der Waals surface area contributed by atoms with Crippen molar-refractivity contribution in [2.75, 3.05) is 6.61 Å². The molecular weight excluding hydrogens is 448 g/mol. The van der Waals surface area contributed by atoms with Gasteiger partial charge in [0.25, 0.3) is 5.91 Å². The number of hydrogen-bond acceptors (Lipinski definition) is 5. The summed E-state index contributed by atoms with van der Waals surface area (Å²) in [6, 6.07) is 20.8. The molecule has 0 saturated carbocycles. The SMILES string of the molecule is CCOc1cc(/C=N\NC(=O)c2ccccc2Br)ccc1OC(=O)c1ccccc1. The molecule has 0 heterocycles. The molecule has 152 valence electrons. The van der Waals surface area contributed by atoms with Crippen LogP contribution in [0, 0.1) is 0 Å². The zero-order valence-electron chi connectivity index (χ0n) is 16.2. The van der Waals surface area contributed by atoms with Gasteiger partial charge in [0.05, 0.1) is 23.9 Å². The minimum absolute atomic E-state index is 0.306. The third kappa shape index (κ3) is 5.55. The molecule has 0 aromatic heterocycles. The molecule has 0 atom stereocenters. The summed E-state index contributed by atoms with van der Waals surface area (Å²) < 4.78 is 11.7. The van der Waals surface area contributed by atoms with E-state index in [9.17, 15) is 9.59 Å². The Morgan fingerprint density at radius 1 is 1.00 bits per heavy atom. The number of esters is 1. The molecule has 0 aliphatic rings. The van der Waals surface area contributed by atoms with E-state index in [0.717, 1.165) is 0 Å². The summed E-state index contributed by atoms with van der Waals surface area (Å²) in [6.07, 6.45) is 1.49. The summed E-state index contributed by atoms with van der Waals surface area (Å²) >= 11 is 3.33. The molecule has 3 aromatic carbocycles. The van der Waals surface area contributed by atoms with Crippen LogP contribution in [0.5, 0.6) is 11.5 Å². The van der Waals surface area contributed by atoms with Gasteiger partial charge in [-0.05, 0) is 70.9 Å². The van der Waals surface area contributed by atoms with Crippen molar-refractivity contribution in [3.8, 4) is 11.5 Å². The Labute approximate surface area is 182 Å². The van der Waals surface area contributed by atoms with E-state index in [2.05, 4.69) is 26.5 Å². The van der Waals surface area contributed by atoms with Gasteiger partial charge in [0.15, 0.2) is 11.5 Å². The Morgan fingerprint density at radius 2 is 1.73 bits per heavy atom. The number of carbonyl (C=O) groups excluding carboxylic acids is 2. The minimum atomic E-state index is -0.473. The highest BCUT2D eigenvalue weighted by molar-refractivity contribution is 9.10. The van der Waals surface area contributed by atoms with Gasteiger partial charge in [-0.3, -0.25) is 4.79 Å². The molecule has 30 heavy (non-hydrogen) atoms. The second-order valence-corrected chi connectivity index (χ2v) is 6.93. The lowest BCUT2D eigenvalue weighted by Crippen LogP contribution is -2.18. The van der Waals surface area contributed by atoms with Crippen LogP contribution >= 0.6 is 15.9 Å². The predicted molar refractivity (Wildman–Crippen MR) is 118 cm³/mol. The first-order valence-electron chi connectivity index (χ1n) is 9.20. The van der Waals surface area contributed by atoms with Crippen LogP contribution in [0.4, 0.5) is 0 Å². The highest BCUT2D eigenvalue weighted by Crippen LogP contribution is 2.29. The van der Waals surface area contributed by atoms with E-state index >= 15 is 0 Å². The molecule has 0 aliphatic carbocycles. The smallest absolute Gasteiger partial charge is 0.343 e. The summed E-state index contributed by atoms with van der Waals surface area (Å²) in [5.41, 5.74) is 4.08. The van der Waals surface area contributed by atoms with E-state index in [1.54, 1.807) is 60.7 Å². The topological polar surface area (TPSA) is 77.0 Å². The molecule has 0 fully saturated rings. The van der Waals surface area contributed by atoms with Gasteiger partial charge >= 0.3 is 5.97 Å². The summed E-state index contributed by atoms with van der Waals surface area (Å²) in [4.78, 5) is 24.5. The fourth-order valence-corrected chi connectivity index (χ4v) is 3.03. The quantitative estimate of drug-likeness (QED) is 0.234. The molecular formula is C23H19BrN2O4. The van der Waals surface area contributed by atoms with E-state index in [-0.39, 0.29) is 5.91 Å². The van der Waals surface area contributed by atoms with Gasteiger partial charge in [-0.1, -0.05) is 30.3 Å². The lowest BCUT2D eigenvalue weighted by molar-refractivity contribution is 0.0728. The Balaban J connectivity index is 1.71. The first-order valence-corrected chi connectivity index (χ1v) is 9.99. The molecule has 3 rings (SSSR count). The van der Waals surface area contributed by atoms with Gasteiger partial charge in [0.1, 0.15) is 0 Å². The molecule has 6 nitrogen and oxygen atoms in total. The Hall–Kier alpha value is -3.45. The van der Waals surface area contributed by atoms with E-state index in [4.69, 9.17) is 9.47 Å². The van der Waals surface area contributed by atoms with Crippen LogP contribution in [0.3, 0.4) is 0 Å². The normalized spacial score (nSPS) is 10.6. The number of carbonyl (C=O) groups is 2. The van der Waals surface area contributed by atoms with Gasteiger partial charge in [-0.15, -0.1) is 0 Å². The monoisotopic (exact) mass is 466 g/mol. The van der Waals surface area contributed by atoms with Gasteiger partial charge < -0.3 is 9.47 Å².